The standard InChI is InChI=1S/C16H19ClN4O4S/c17-12-1-2-13(25-10-15(18)22)14(8-12)26(23,24)20-9-11-3-5-21-6-4-19-16(21)7-11/h1-2,4,6,8,11,20H,3,5,7,9-10H2,(H2,18,22)/t11-/m1/s1. The number of hydrogen-bond acceptors (Lipinski definition) is 5. The van der Waals surface area contributed by atoms with Gasteiger partial charge in [-0.25, -0.2) is 18.1 Å². The van der Waals surface area contributed by atoms with Gasteiger partial charge in [0.05, 0.1) is 0 Å². The van der Waals surface area contributed by atoms with Gasteiger partial charge in [0.2, 0.25) is 10.0 Å². The molecule has 0 radical (unpaired) electrons. The number of rotatable bonds is 7. The summed E-state index contributed by atoms with van der Waals surface area (Å²) in [5.41, 5.74) is 5.05. The van der Waals surface area contributed by atoms with Gasteiger partial charge in [-0.1, -0.05) is 11.6 Å². The summed E-state index contributed by atoms with van der Waals surface area (Å²) in [6, 6.07) is 4.17. The van der Waals surface area contributed by atoms with Crippen LogP contribution >= 0.6 is 11.6 Å². The minimum absolute atomic E-state index is 0.0277. The van der Waals surface area contributed by atoms with Crippen LogP contribution < -0.4 is 15.2 Å². The summed E-state index contributed by atoms with van der Waals surface area (Å²) in [6.45, 7) is 0.665. The lowest BCUT2D eigenvalue weighted by molar-refractivity contribution is -0.120. The monoisotopic (exact) mass is 398 g/mol. The van der Waals surface area contributed by atoms with E-state index in [1.807, 2.05) is 6.20 Å². The third-order valence-corrected chi connectivity index (χ3v) is 5.86. The van der Waals surface area contributed by atoms with Gasteiger partial charge < -0.3 is 15.0 Å². The molecule has 2 heterocycles. The molecule has 1 aliphatic rings. The van der Waals surface area contributed by atoms with Crippen molar-refractivity contribution >= 4 is 27.5 Å². The largest absolute Gasteiger partial charge is 0.482 e. The fourth-order valence-electron chi connectivity index (χ4n) is 2.86. The molecule has 3 rings (SSSR count). The van der Waals surface area contributed by atoms with Gasteiger partial charge in [-0.05, 0) is 30.5 Å². The predicted octanol–water partition coefficient (Wildman–Crippen LogP) is 0.941. The molecule has 140 valence electrons. The van der Waals surface area contributed by atoms with Gasteiger partial charge >= 0.3 is 0 Å². The number of benzene rings is 1. The van der Waals surface area contributed by atoms with E-state index in [1.165, 1.54) is 18.2 Å². The second-order valence-corrected chi connectivity index (χ2v) is 8.27. The number of aryl methyl sites for hydroxylation is 1. The summed E-state index contributed by atoms with van der Waals surface area (Å²) >= 11 is 5.93. The number of ether oxygens (including phenoxy) is 1. The Kier molecular flexibility index (Phi) is 5.49. The van der Waals surface area contributed by atoms with E-state index in [9.17, 15) is 13.2 Å². The van der Waals surface area contributed by atoms with Crippen LogP contribution in [0.3, 0.4) is 0 Å². The number of hydrogen-bond donors (Lipinski definition) is 2. The van der Waals surface area contributed by atoms with Crippen molar-refractivity contribution in [2.24, 2.45) is 11.7 Å². The molecular formula is C16H19ClN4O4S. The molecule has 2 aromatic rings. The molecule has 1 atom stereocenters. The molecule has 26 heavy (non-hydrogen) atoms. The molecule has 0 spiro atoms. The van der Waals surface area contributed by atoms with Crippen LogP contribution in [0.15, 0.2) is 35.5 Å². The van der Waals surface area contributed by atoms with Gasteiger partial charge in [-0.2, -0.15) is 0 Å². The van der Waals surface area contributed by atoms with Crippen molar-refractivity contribution in [1.82, 2.24) is 14.3 Å². The van der Waals surface area contributed by atoms with Gasteiger partial charge in [0, 0.05) is 36.9 Å². The lowest BCUT2D eigenvalue weighted by Gasteiger charge is -2.23. The number of fused-ring (bicyclic) bond motifs is 1. The normalized spacial score (nSPS) is 16.9. The number of nitrogens with one attached hydrogen (secondary N) is 1. The van der Waals surface area contributed by atoms with Crippen molar-refractivity contribution in [1.29, 1.82) is 0 Å². The number of amides is 1. The molecule has 10 heteroatoms. The Morgan fingerprint density at radius 2 is 2.27 bits per heavy atom. The summed E-state index contributed by atoms with van der Waals surface area (Å²) < 4.78 is 35.3. The van der Waals surface area contributed by atoms with E-state index >= 15 is 0 Å². The van der Waals surface area contributed by atoms with Crippen molar-refractivity contribution in [3.8, 4) is 5.75 Å². The number of halogens is 1. The molecule has 0 fully saturated rings. The topological polar surface area (TPSA) is 116 Å². The zero-order chi connectivity index (χ0) is 18.7. The smallest absolute Gasteiger partial charge is 0.255 e. The number of primary amides is 1. The first-order valence-corrected chi connectivity index (χ1v) is 9.91. The van der Waals surface area contributed by atoms with E-state index < -0.39 is 22.5 Å². The van der Waals surface area contributed by atoms with Crippen LogP contribution in [0, 0.1) is 5.92 Å². The molecule has 0 aliphatic carbocycles. The third kappa shape index (κ3) is 4.35. The maximum absolute atomic E-state index is 12.7. The Labute approximate surface area is 156 Å². The highest BCUT2D eigenvalue weighted by Crippen LogP contribution is 2.28. The van der Waals surface area contributed by atoms with Crippen LogP contribution in [-0.4, -0.2) is 37.0 Å². The fraction of sp³-hybridized carbons (Fsp3) is 0.375. The van der Waals surface area contributed by atoms with E-state index in [0.29, 0.717) is 6.42 Å². The van der Waals surface area contributed by atoms with Crippen LogP contribution in [0.2, 0.25) is 5.02 Å². The van der Waals surface area contributed by atoms with Gasteiger partial charge in [0.1, 0.15) is 16.5 Å². The minimum atomic E-state index is -3.86. The molecule has 0 saturated heterocycles. The second kappa shape index (κ2) is 7.65. The average Bonchev–Trinajstić information content (AvgIpc) is 3.06. The van der Waals surface area contributed by atoms with Crippen LogP contribution in [-0.2, 0) is 27.8 Å². The van der Waals surface area contributed by atoms with Crippen LogP contribution in [0.25, 0.3) is 0 Å². The molecule has 1 aromatic carbocycles. The first kappa shape index (κ1) is 18.7. The van der Waals surface area contributed by atoms with Crippen molar-refractivity contribution < 1.29 is 17.9 Å². The quantitative estimate of drug-likeness (QED) is 0.720. The molecule has 3 N–H and O–H groups in total. The lowest BCUT2D eigenvalue weighted by Crippen LogP contribution is -2.33. The van der Waals surface area contributed by atoms with Gasteiger partial charge in [-0.15, -0.1) is 0 Å². The summed E-state index contributed by atoms with van der Waals surface area (Å²) in [7, 11) is -3.86. The number of carbonyl (C=O) groups is 1. The van der Waals surface area contributed by atoms with Crippen molar-refractivity contribution in [3.05, 3.63) is 41.4 Å². The Morgan fingerprint density at radius 3 is 3.04 bits per heavy atom. The summed E-state index contributed by atoms with van der Waals surface area (Å²) in [5.74, 6) is 0.427. The first-order chi connectivity index (χ1) is 12.3. The highest BCUT2D eigenvalue weighted by molar-refractivity contribution is 7.89. The zero-order valence-electron chi connectivity index (χ0n) is 13.9. The number of carbonyl (C=O) groups excluding carboxylic acids is 1. The minimum Gasteiger partial charge on any atom is -0.482 e. The number of imidazole rings is 1. The van der Waals surface area contributed by atoms with Gasteiger partial charge in [-0.3, -0.25) is 4.79 Å². The number of sulfonamides is 1. The molecule has 0 unspecified atom stereocenters. The summed E-state index contributed by atoms with van der Waals surface area (Å²) in [6.07, 6.45) is 5.23. The molecule has 1 aromatic heterocycles. The molecule has 1 aliphatic heterocycles. The van der Waals surface area contributed by atoms with Crippen molar-refractivity contribution in [2.45, 2.75) is 24.3 Å². The molecule has 1 amide bonds. The van der Waals surface area contributed by atoms with Crippen LogP contribution in [0.4, 0.5) is 0 Å². The SMILES string of the molecule is NC(=O)COc1ccc(Cl)cc1S(=O)(=O)NC[C@@H]1CCn2ccnc2C1. The van der Waals surface area contributed by atoms with Crippen molar-refractivity contribution in [3.63, 3.8) is 0 Å². The molecule has 0 bridgehead atoms. The zero-order valence-corrected chi connectivity index (χ0v) is 15.5. The van der Waals surface area contributed by atoms with E-state index in [0.717, 1.165) is 18.8 Å². The van der Waals surface area contributed by atoms with Gasteiger partial charge in [0.25, 0.3) is 5.91 Å². The lowest BCUT2D eigenvalue weighted by atomic mass is 9.98. The maximum Gasteiger partial charge on any atom is 0.255 e. The van der Waals surface area contributed by atoms with Crippen LogP contribution in [0.1, 0.15) is 12.2 Å². The Bertz CT molecular complexity index is 913. The van der Waals surface area contributed by atoms with E-state index in [-0.39, 0.29) is 28.1 Å². The van der Waals surface area contributed by atoms with Gasteiger partial charge in [0.15, 0.2) is 6.61 Å². The third-order valence-electron chi connectivity index (χ3n) is 4.18. The average molecular weight is 399 g/mol. The number of nitrogens with two attached hydrogens (primary N) is 1. The molecule has 8 nitrogen and oxygen atoms in total. The van der Waals surface area contributed by atoms with E-state index in [4.69, 9.17) is 22.1 Å². The van der Waals surface area contributed by atoms with Crippen molar-refractivity contribution in [2.75, 3.05) is 13.2 Å². The Balaban J connectivity index is 1.72. The fourth-order valence-corrected chi connectivity index (χ4v) is 4.38. The van der Waals surface area contributed by atoms with E-state index in [1.54, 1.807) is 6.20 Å². The number of nitrogens with zero attached hydrogens (tertiary/aromatic N) is 2. The predicted molar refractivity (Wildman–Crippen MR) is 95.4 cm³/mol. The van der Waals surface area contributed by atoms with Crippen LogP contribution in [0.5, 0.6) is 5.75 Å². The first-order valence-electron chi connectivity index (χ1n) is 8.05. The molecule has 0 saturated carbocycles. The molecular weight excluding hydrogens is 380 g/mol. The summed E-state index contributed by atoms with van der Waals surface area (Å²) in [5, 5.41) is 0.247. The second-order valence-electron chi connectivity index (χ2n) is 6.09. The Hall–Kier alpha value is -2.10. The highest BCUT2D eigenvalue weighted by atomic mass is 35.5. The Morgan fingerprint density at radius 1 is 1.46 bits per heavy atom. The maximum atomic E-state index is 12.7. The highest BCUT2D eigenvalue weighted by Gasteiger charge is 2.24. The van der Waals surface area contributed by atoms with E-state index in [2.05, 4.69) is 14.3 Å². The summed E-state index contributed by atoms with van der Waals surface area (Å²) in [4.78, 5) is 15.1. The number of aromatic nitrogens is 2.